The standard InChI is InChI=1S/C22H28NO/c1-3-4-5-6-7-8-9-12-18-17(2)15-16-21-22(18)23-19-13-10-11-14-20(19)24-21/h10-11,13-16H,3-9,12H2,1-2H3. The molecule has 0 fully saturated rings. The quantitative estimate of drug-likeness (QED) is 0.411. The van der Waals surface area contributed by atoms with Gasteiger partial charge in [0.15, 0.2) is 11.5 Å². The first kappa shape index (κ1) is 16.9. The van der Waals surface area contributed by atoms with Gasteiger partial charge in [-0.2, -0.15) is 0 Å². The maximum Gasteiger partial charge on any atom is 0.153 e. The van der Waals surface area contributed by atoms with Crippen molar-refractivity contribution in [2.45, 2.75) is 65.2 Å². The molecule has 0 aromatic heterocycles. The van der Waals surface area contributed by atoms with Crippen LogP contribution >= 0.6 is 0 Å². The summed E-state index contributed by atoms with van der Waals surface area (Å²) in [7, 11) is 0. The van der Waals surface area contributed by atoms with E-state index in [4.69, 9.17) is 10.1 Å². The van der Waals surface area contributed by atoms with Gasteiger partial charge >= 0.3 is 0 Å². The normalized spacial score (nSPS) is 12.1. The summed E-state index contributed by atoms with van der Waals surface area (Å²) < 4.78 is 6.05. The number of para-hydroxylation sites is 2. The molecule has 0 N–H and O–H groups in total. The van der Waals surface area contributed by atoms with Crippen molar-refractivity contribution >= 4 is 11.4 Å². The first-order valence-corrected chi connectivity index (χ1v) is 9.40. The Hall–Kier alpha value is -1.96. The van der Waals surface area contributed by atoms with Gasteiger partial charge < -0.3 is 4.74 Å². The molecule has 3 rings (SSSR count). The highest BCUT2D eigenvalue weighted by Gasteiger charge is 2.21. The van der Waals surface area contributed by atoms with E-state index in [1.54, 1.807) is 0 Å². The van der Waals surface area contributed by atoms with E-state index >= 15 is 0 Å². The maximum atomic E-state index is 6.05. The maximum absolute atomic E-state index is 6.05. The van der Waals surface area contributed by atoms with Crippen LogP contribution in [0.4, 0.5) is 11.4 Å². The van der Waals surface area contributed by atoms with Gasteiger partial charge in [-0.25, -0.2) is 5.32 Å². The first-order valence-electron chi connectivity index (χ1n) is 9.40. The number of aryl methyl sites for hydroxylation is 1. The molecule has 0 spiro atoms. The molecule has 2 nitrogen and oxygen atoms in total. The van der Waals surface area contributed by atoms with Crippen LogP contribution in [0.25, 0.3) is 0 Å². The molecule has 0 unspecified atom stereocenters. The van der Waals surface area contributed by atoms with Crippen molar-refractivity contribution < 1.29 is 4.74 Å². The lowest BCUT2D eigenvalue weighted by molar-refractivity contribution is 0.470. The Morgan fingerprint density at radius 1 is 0.833 bits per heavy atom. The SMILES string of the molecule is CCCCCCCCCc1c(C)ccc2c1[N]c1ccccc1O2. The van der Waals surface area contributed by atoms with Gasteiger partial charge in [-0.15, -0.1) is 0 Å². The molecule has 0 atom stereocenters. The van der Waals surface area contributed by atoms with Gasteiger partial charge in [0, 0.05) is 0 Å². The molecule has 2 aromatic carbocycles. The van der Waals surface area contributed by atoms with Gasteiger partial charge in [-0.05, 0) is 49.1 Å². The molecule has 0 aliphatic carbocycles. The number of nitrogens with zero attached hydrogens (tertiary/aromatic N) is 1. The molecule has 1 heterocycles. The second kappa shape index (κ2) is 8.23. The molecular formula is C22H28NO. The van der Waals surface area contributed by atoms with Crippen molar-refractivity contribution in [3.8, 4) is 11.5 Å². The second-order valence-corrected chi connectivity index (χ2v) is 6.76. The number of unbranched alkanes of at least 4 members (excludes halogenated alkanes) is 6. The Morgan fingerprint density at radius 3 is 2.42 bits per heavy atom. The number of rotatable bonds is 8. The molecule has 0 bridgehead atoms. The summed E-state index contributed by atoms with van der Waals surface area (Å²) in [6.07, 6.45) is 10.4. The third-order valence-electron chi connectivity index (χ3n) is 4.83. The molecule has 1 aliphatic heterocycles. The molecule has 2 aromatic rings. The molecule has 127 valence electrons. The zero-order chi connectivity index (χ0) is 16.8. The minimum Gasteiger partial charge on any atom is -0.453 e. The fourth-order valence-corrected chi connectivity index (χ4v) is 3.37. The Morgan fingerprint density at radius 2 is 1.58 bits per heavy atom. The molecule has 2 heteroatoms. The highest BCUT2D eigenvalue weighted by atomic mass is 16.5. The van der Waals surface area contributed by atoms with E-state index in [1.807, 2.05) is 24.3 Å². The number of fused-ring (bicyclic) bond motifs is 2. The van der Waals surface area contributed by atoms with E-state index < -0.39 is 0 Å². The Balaban J connectivity index is 1.63. The fraction of sp³-hybridized carbons (Fsp3) is 0.455. The lowest BCUT2D eigenvalue weighted by Gasteiger charge is -2.23. The number of hydrogen-bond acceptors (Lipinski definition) is 1. The smallest absolute Gasteiger partial charge is 0.153 e. The summed E-state index contributed by atoms with van der Waals surface area (Å²) >= 11 is 0. The molecular weight excluding hydrogens is 294 g/mol. The zero-order valence-electron chi connectivity index (χ0n) is 15.0. The van der Waals surface area contributed by atoms with E-state index in [0.29, 0.717) is 0 Å². The van der Waals surface area contributed by atoms with Crippen molar-refractivity contribution in [3.05, 3.63) is 47.5 Å². The van der Waals surface area contributed by atoms with Gasteiger partial charge in [-0.3, -0.25) is 0 Å². The fourth-order valence-electron chi connectivity index (χ4n) is 3.37. The van der Waals surface area contributed by atoms with Crippen LogP contribution < -0.4 is 10.1 Å². The lowest BCUT2D eigenvalue weighted by Crippen LogP contribution is -2.06. The third kappa shape index (κ3) is 3.92. The minimum atomic E-state index is 0.857. The van der Waals surface area contributed by atoms with Crippen LogP contribution in [0.1, 0.15) is 63.0 Å². The van der Waals surface area contributed by atoms with E-state index in [2.05, 4.69) is 26.0 Å². The zero-order valence-corrected chi connectivity index (χ0v) is 15.0. The van der Waals surface area contributed by atoms with E-state index in [0.717, 1.165) is 29.3 Å². The summed E-state index contributed by atoms with van der Waals surface area (Å²) in [5, 5.41) is 4.88. The Labute approximate surface area is 146 Å². The third-order valence-corrected chi connectivity index (χ3v) is 4.83. The van der Waals surface area contributed by atoms with Gasteiger partial charge in [0.1, 0.15) is 11.4 Å². The number of ether oxygens (including phenoxy) is 1. The average molecular weight is 322 g/mol. The van der Waals surface area contributed by atoms with Crippen molar-refractivity contribution in [2.75, 3.05) is 0 Å². The molecule has 0 saturated heterocycles. The molecule has 1 radical (unpaired) electrons. The Bertz CT molecular complexity index is 678. The van der Waals surface area contributed by atoms with Gasteiger partial charge in [0.05, 0.1) is 0 Å². The van der Waals surface area contributed by atoms with Crippen LogP contribution in [0.3, 0.4) is 0 Å². The first-order chi connectivity index (χ1) is 11.8. The van der Waals surface area contributed by atoms with Crippen molar-refractivity contribution in [1.29, 1.82) is 0 Å². The van der Waals surface area contributed by atoms with Gasteiger partial charge in [0.2, 0.25) is 0 Å². The van der Waals surface area contributed by atoms with Crippen LogP contribution in [-0.4, -0.2) is 0 Å². The highest BCUT2D eigenvalue weighted by Crippen LogP contribution is 2.44. The summed E-state index contributed by atoms with van der Waals surface area (Å²) in [6.45, 7) is 4.46. The van der Waals surface area contributed by atoms with Crippen LogP contribution in [0.5, 0.6) is 11.5 Å². The van der Waals surface area contributed by atoms with Crippen molar-refractivity contribution in [1.82, 2.24) is 5.32 Å². The number of benzene rings is 2. The number of hydrogen-bond donors (Lipinski definition) is 0. The summed E-state index contributed by atoms with van der Waals surface area (Å²) in [5.74, 6) is 1.76. The molecule has 0 amide bonds. The average Bonchev–Trinajstić information content (AvgIpc) is 2.61. The monoisotopic (exact) mass is 322 g/mol. The van der Waals surface area contributed by atoms with E-state index in [9.17, 15) is 0 Å². The molecule has 1 aliphatic rings. The predicted octanol–water partition coefficient (Wildman–Crippen LogP) is 6.96. The van der Waals surface area contributed by atoms with Gasteiger partial charge in [0.25, 0.3) is 0 Å². The predicted molar refractivity (Wildman–Crippen MR) is 101 cm³/mol. The van der Waals surface area contributed by atoms with Crippen molar-refractivity contribution in [3.63, 3.8) is 0 Å². The van der Waals surface area contributed by atoms with Gasteiger partial charge in [-0.1, -0.05) is 63.6 Å². The second-order valence-electron chi connectivity index (χ2n) is 6.76. The Kier molecular flexibility index (Phi) is 5.79. The van der Waals surface area contributed by atoms with E-state index in [1.165, 1.54) is 56.1 Å². The lowest BCUT2D eigenvalue weighted by atomic mass is 9.98. The van der Waals surface area contributed by atoms with Crippen LogP contribution in [-0.2, 0) is 6.42 Å². The molecule has 0 saturated carbocycles. The van der Waals surface area contributed by atoms with E-state index in [-0.39, 0.29) is 0 Å². The topological polar surface area (TPSA) is 23.3 Å². The largest absolute Gasteiger partial charge is 0.453 e. The molecule has 24 heavy (non-hydrogen) atoms. The minimum absolute atomic E-state index is 0.857. The van der Waals surface area contributed by atoms with Crippen LogP contribution in [0.2, 0.25) is 0 Å². The van der Waals surface area contributed by atoms with Crippen molar-refractivity contribution in [2.24, 2.45) is 0 Å². The summed E-state index contributed by atoms with van der Waals surface area (Å²) in [6, 6.07) is 12.2. The summed E-state index contributed by atoms with van der Waals surface area (Å²) in [4.78, 5) is 0. The summed E-state index contributed by atoms with van der Waals surface area (Å²) in [5.41, 5.74) is 4.66. The van der Waals surface area contributed by atoms with Crippen LogP contribution in [0, 0.1) is 6.92 Å². The highest BCUT2D eigenvalue weighted by molar-refractivity contribution is 5.71. The van der Waals surface area contributed by atoms with Crippen LogP contribution in [0.15, 0.2) is 36.4 Å².